The van der Waals surface area contributed by atoms with Gasteiger partial charge >= 0.3 is 0 Å². The summed E-state index contributed by atoms with van der Waals surface area (Å²) in [5, 5.41) is 3.59. The minimum atomic E-state index is -0.176. The molecule has 2 fully saturated rings. The summed E-state index contributed by atoms with van der Waals surface area (Å²) in [5.74, 6) is 0.688. The van der Waals surface area contributed by atoms with E-state index in [1.54, 1.807) is 7.11 Å². The molecule has 0 aliphatic carbocycles. The van der Waals surface area contributed by atoms with Crippen molar-refractivity contribution in [3.63, 3.8) is 0 Å². The van der Waals surface area contributed by atoms with Crippen molar-refractivity contribution in [1.82, 2.24) is 4.90 Å². The Balaban J connectivity index is 1.29. The predicted molar refractivity (Wildman–Crippen MR) is 105 cm³/mol. The average molecular weight is 370 g/mol. The molecule has 144 valence electrons. The molecule has 2 aliphatic heterocycles. The molecule has 1 atom stereocenters. The van der Waals surface area contributed by atoms with Gasteiger partial charge in [-0.2, -0.15) is 0 Å². The number of hydrogen-bond acceptors (Lipinski definition) is 4. The number of methoxy groups -OCH3 is 1. The molecule has 0 unspecified atom stereocenters. The van der Waals surface area contributed by atoms with E-state index in [0.29, 0.717) is 6.04 Å². The van der Waals surface area contributed by atoms with Gasteiger partial charge in [0.25, 0.3) is 0 Å². The number of hydrogen-bond donors (Lipinski definition) is 1. The molecule has 2 aromatic rings. The summed E-state index contributed by atoms with van der Waals surface area (Å²) in [6.45, 7) is 3.66. The Kier molecular flexibility index (Phi) is 5.32. The van der Waals surface area contributed by atoms with E-state index in [9.17, 15) is 4.39 Å². The Morgan fingerprint density at radius 1 is 1.19 bits per heavy atom. The largest absolute Gasteiger partial charge is 0.497 e. The fourth-order valence-electron chi connectivity index (χ4n) is 4.20. The van der Waals surface area contributed by atoms with Gasteiger partial charge in [-0.3, -0.25) is 4.90 Å². The van der Waals surface area contributed by atoms with Crippen LogP contribution in [0, 0.1) is 5.82 Å². The maximum atomic E-state index is 13.1. The van der Waals surface area contributed by atoms with Crippen LogP contribution in [0.5, 0.6) is 5.75 Å². The summed E-state index contributed by atoms with van der Waals surface area (Å²) in [7, 11) is 1.69. The van der Waals surface area contributed by atoms with E-state index in [1.807, 2.05) is 30.3 Å². The fraction of sp³-hybridized carbons (Fsp3) is 0.455. The van der Waals surface area contributed by atoms with Crippen LogP contribution < -0.4 is 10.1 Å². The lowest BCUT2D eigenvalue weighted by atomic mass is 9.87. The van der Waals surface area contributed by atoms with Crippen LogP contribution in [0.25, 0.3) is 0 Å². The second-order valence-electron chi connectivity index (χ2n) is 7.67. The Morgan fingerprint density at radius 3 is 2.70 bits per heavy atom. The first-order chi connectivity index (χ1) is 13.1. The molecule has 5 heteroatoms. The molecule has 2 aliphatic rings. The van der Waals surface area contributed by atoms with E-state index < -0.39 is 0 Å². The zero-order chi connectivity index (χ0) is 18.7. The third kappa shape index (κ3) is 4.42. The van der Waals surface area contributed by atoms with Crippen molar-refractivity contribution in [2.45, 2.75) is 37.5 Å². The molecule has 4 rings (SSSR count). The number of anilines is 1. The van der Waals surface area contributed by atoms with Gasteiger partial charge in [-0.15, -0.1) is 0 Å². The first-order valence-corrected chi connectivity index (χ1v) is 9.65. The van der Waals surface area contributed by atoms with Gasteiger partial charge in [0.05, 0.1) is 25.4 Å². The van der Waals surface area contributed by atoms with Gasteiger partial charge in [-0.25, -0.2) is 4.39 Å². The predicted octanol–water partition coefficient (Wildman–Crippen LogP) is 4.07. The van der Waals surface area contributed by atoms with E-state index in [0.717, 1.165) is 62.5 Å². The Morgan fingerprint density at radius 2 is 1.96 bits per heavy atom. The minimum Gasteiger partial charge on any atom is -0.497 e. The standard InChI is InChI=1S/C22H27FN2O2/c1-26-21-4-2-3-19(13-21)24-20-14-22(27-16-20)9-11-25(12-10-22)15-17-5-7-18(23)8-6-17/h2-8,13,20,24H,9-12,14-16H2,1H3/t20-/m1/s1. The molecule has 1 spiro atoms. The molecule has 4 nitrogen and oxygen atoms in total. The summed E-state index contributed by atoms with van der Waals surface area (Å²) in [5.41, 5.74) is 2.24. The maximum Gasteiger partial charge on any atom is 0.123 e. The second-order valence-corrected chi connectivity index (χ2v) is 7.67. The number of halogens is 1. The summed E-state index contributed by atoms with van der Waals surface area (Å²) >= 11 is 0. The molecular weight excluding hydrogens is 343 g/mol. The molecule has 0 amide bonds. The molecule has 2 heterocycles. The lowest BCUT2D eigenvalue weighted by Crippen LogP contribution is -2.44. The quantitative estimate of drug-likeness (QED) is 0.860. The third-order valence-electron chi connectivity index (χ3n) is 5.74. The van der Waals surface area contributed by atoms with Crippen molar-refractivity contribution in [3.8, 4) is 5.75 Å². The van der Waals surface area contributed by atoms with E-state index in [2.05, 4.69) is 16.3 Å². The number of likely N-dealkylation sites (tertiary alicyclic amines) is 1. The fourth-order valence-corrected chi connectivity index (χ4v) is 4.20. The number of nitrogens with zero attached hydrogens (tertiary/aromatic N) is 1. The molecule has 2 saturated heterocycles. The van der Waals surface area contributed by atoms with Crippen LogP contribution in [0.4, 0.5) is 10.1 Å². The van der Waals surface area contributed by atoms with E-state index in [-0.39, 0.29) is 11.4 Å². The van der Waals surface area contributed by atoms with Crippen LogP contribution in [0.3, 0.4) is 0 Å². The van der Waals surface area contributed by atoms with Crippen LogP contribution in [0.2, 0.25) is 0 Å². The van der Waals surface area contributed by atoms with Gasteiger partial charge in [0.15, 0.2) is 0 Å². The van der Waals surface area contributed by atoms with Gasteiger partial charge in [-0.05, 0) is 49.1 Å². The molecule has 0 radical (unpaired) electrons. The highest BCUT2D eigenvalue weighted by Gasteiger charge is 2.42. The normalized spacial score (nSPS) is 22.1. The van der Waals surface area contributed by atoms with Crippen molar-refractivity contribution in [1.29, 1.82) is 0 Å². The number of rotatable bonds is 5. The highest BCUT2D eigenvalue weighted by atomic mass is 19.1. The van der Waals surface area contributed by atoms with Crippen molar-refractivity contribution < 1.29 is 13.9 Å². The molecule has 27 heavy (non-hydrogen) atoms. The van der Waals surface area contributed by atoms with Crippen molar-refractivity contribution >= 4 is 5.69 Å². The zero-order valence-electron chi connectivity index (χ0n) is 15.8. The van der Waals surface area contributed by atoms with Crippen LogP contribution in [-0.2, 0) is 11.3 Å². The van der Waals surface area contributed by atoms with Crippen molar-refractivity contribution in [2.24, 2.45) is 0 Å². The lowest BCUT2D eigenvalue weighted by Gasteiger charge is -2.38. The average Bonchev–Trinajstić information content (AvgIpc) is 3.08. The lowest BCUT2D eigenvalue weighted by molar-refractivity contribution is -0.0448. The topological polar surface area (TPSA) is 33.7 Å². The second kappa shape index (κ2) is 7.87. The highest BCUT2D eigenvalue weighted by molar-refractivity contribution is 5.49. The highest BCUT2D eigenvalue weighted by Crippen LogP contribution is 2.37. The molecule has 0 saturated carbocycles. The van der Waals surface area contributed by atoms with E-state index in [4.69, 9.17) is 9.47 Å². The molecule has 2 aromatic carbocycles. The van der Waals surface area contributed by atoms with Crippen LogP contribution in [0.1, 0.15) is 24.8 Å². The number of benzene rings is 2. The summed E-state index contributed by atoms with van der Waals surface area (Å²) in [6, 6.07) is 15.2. The van der Waals surface area contributed by atoms with E-state index >= 15 is 0 Å². The first kappa shape index (κ1) is 18.3. The Hall–Kier alpha value is -2.11. The summed E-state index contributed by atoms with van der Waals surface area (Å²) in [4.78, 5) is 2.44. The third-order valence-corrected chi connectivity index (χ3v) is 5.74. The number of piperidine rings is 1. The van der Waals surface area contributed by atoms with E-state index in [1.165, 1.54) is 12.1 Å². The smallest absolute Gasteiger partial charge is 0.123 e. The van der Waals surface area contributed by atoms with Crippen LogP contribution in [0.15, 0.2) is 48.5 Å². The number of ether oxygens (including phenoxy) is 2. The van der Waals surface area contributed by atoms with Gasteiger partial charge in [0, 0.05) is 31.4 Å². The first-order valence-electron chi connectivity index (χ1n) is 9.65. The van der Waals surface area contributed by atoms with Gasteiger partial charge in [0.1, 0.15) is 11.6 Å². The maximum absolute atomic E-state index is 13.1. The van der Waals surface area contributed by atoms with Crippen molar-refractivity contribution in [3.05, 3.63) is 59.9 Å². The zero-order valence-corrected chi connectivity index (χ0v) is 15.8. The Bertz CT molecular complexity index is 757. The molecule has 1 N–H and O–H groups in total. The Labute approximate surface area is 160 Å². The van der Waals surface area contributed by atoms with Crippen LogP contribution >= 0.6 is 0 Å². The molecule has 0 aromatic heterocycles. The van der Waals surface area contributed by atoms with Gasteiger partial charge < -0.3 is 14.8 Å². The molecule has 0 bridgehead atoms. The van der Waals surface area contributed by atoms with Gasteiger partial charge in [0.2, 0.25) is 0 Å². The molecular formula is C22H27FN2O2. The summed E-state index contributed by atoms with van der Waals surface area (Å²) < 4.78 is 24.6. The minimum absolute atomic E-state index is 0.00414. The summed E-state index contributed by atoms with van der Waals surface area (Å²) in [6.07, 6.45) is 3.13. The SMILES string of the molecule is COc1cccc(N[C@H]2COC3(CCN(Cc4ccc(F)cc4)CC3)C2)c1. The van der Waals surface area contributed by atoms with Gasteiger partial charge in [-0.1, -0.05) is 18.2 Å². The van der Waals surface area contributed by atoms with Crippen LogP contribution in [-0.4, -0.2) is 43.3 Å². The van der Waals surface area contributed by atoms with Crippen molar-refractivity contribution in [2.75, 3.05) is 32.1 Å². The number of nitrogens with one attached hydrogen (secondary N) is 1. The monoisotopic (exact) mass is 370 g/mol.